The zero-order valence-electron chi connectivity index (χ0n) is 10.4. The van der Waals surface area contributed by atoms with E-state index in [-0.39, 0.29) is 5.91 Å². The van der Waals surface area contributed by atoms with Crippen molar-refractivity contribution < 1.29 is 9.53 Å². The van der Waals surface area contributed by atoms with Gasteiger partial charge < -0.3 is 15.8 Å². The number of benzene rings is 1. The minimum absolute atomic E-state index is 0.0704. The number of carbonyl (C=O) groups is 1. The molecule has 2 rings (SSSR count). The predicted molar refractivity (Wildman–Crippen MR) is 72.9 cm³/mol. The van der Waals surface area contributed by atoms with E-state index in [1.807, 2.05) is 24.3 Å². The fraction of sp³-hybridized carbons (Fsp3) is 0.250. The minimum atomic E-state index is -0.0704. The largest absolute Gasteiger partial charge is 0.497 e. The van der Waals surface area contributed by atoms with Crippen LogP contribution in [0.15, 0.2) is 24.3 Å². The monoisotopic (exact) mass is 278 g/mol. The summed E-state index contributed by atoms with van der Waals surface area (Å²) in [5.74, 6) is 0.701. The van der Waals surface area contributed by atoms with Gasteiger partial charge >= 0.3 is 0 Å². The van der Waals surface area contributed by atoms with Crippen LogP contribution in [0.2, 0.25) is 0 Å². The van der Waals surface area contributed by atoms with Gasteiger partial charge in [0.25, 0.3) is 0 Å². The molecule has 0 aliphatic carbocycles. The lowest BCUT2D eigenvalue weighted by Crippen LogP contribution is -2.24. The number of aromatic nitrogens is 2. The van der Waals surface area contributed by atoms with E-state index in [0.717, 1.165) is 11.3 Å². The zero-order valence-corrected chi connectivity index (χ0v) is 11.2. The number of amides is 1. The Kier molecular flexibility index (Phi) is 4.30. The smallest absolute Gasteiger partial charge is 0.224 e. The molecule has 19 heavy (non-hydrogen) atoms. The number of ether oxygens (including phenoxy) is 1. The van der Waals surface area contributed by atoms with Gasteiger partial charge in [0.2, 0.25) is 11.0 Å². The maximum absolute atomic E-state index is 11.7. The van der Waals surface area contributed by atoms with Gasteiger partial charge in [-0.1, -0.05) is 23.5 Å². The summed E-state index contributed by atoms with van der Waals surface area (Å²) in [6, 6.07) is 7.38. The van der Waals surface area contributed by atoms with Crippen LogP contribution in [0.25, 0.3) is 0 Å². The summed E-state index contributed by atoms with van der Waals surface area (Å²) >= 11 is 1.27. The van der Waals surface area contributed by atoms with Gasteiger partial charge in [-0.3, -0.25) is 4.79 Å². The zero-order chi connectivity index (χ0) is 13.7. The highest BCUT2D eigenvalue weighted by Gasteiger charge is 2.06. The first kappa shape index (κ1) is 13.3. The molecule has 0 fully saturated rings. The van der Waals surface area contributed by atoms with Crippen molar-refractivity contribution in [2.24, 2.45) is 0 Å². The highest BCUT2D eigenvalue weighted by atomic mass is 32.1. The normalized spacial score (nSPS) is 10.2. The van der Waals surface area contributed by atoms with Crippen LogP contribution in [-0.2, 0) is 17.8 Å². The molecule has 2 aromatic rings. The Hall–Kier alpha value is -2.15. The molecule has 0 unspecified atom stereocenters. The summed E-state index contributed by atoms with van der Waals surface area (Å²) in [5.41, 5.74) is 6.38. The molecule has 0 bridgehead atoms. The molecule has 0 atom stereocenters. The Labute approximate surface area is 114 Å². The third-order valence-electron chi connectivity index (χ3n) is 2.44. The minimum Gasteiger partial charge on any atom is -0.497 e. The molecule has 1 aromatic carbocycles. The van der Waals surface area contributed by atoms with E-state index < -0.39 is 0 Å². The molecule has 100 valence electrons. The van der Waals surface area contributed by atoms with Gasteiger partial charge in [-0.25, -0.2) is 0 Å². The summed E-state index contributed by atoms with van der Waals surface area (Å²) in [6.07, 6.45) is 0.318. The summed E-state index contributed by atoms with van der Waals surface area (Å²) in [6.45, 7) is 0.351. The number of hydrogen-bond donors (Lipinski definition) is 2. The quantitative estimate of drug-likeness (QED) is 0.851. The van der Waals surface area contributed by atoms with Gasteiger partial charge in [0.15, 0.2) is 0 Å². The maximum Gasteiger partial charge on any atom is 0.224 e. The van der Waals surface area contributed by atoms with E-state index in [0.29, 0.717) is 23.1 Å². The van der Waals surface area contributed by atoms with Crippen LogP contribution >= 0.6 is 11.3 Å². The van der Waals surface area contributed by atoms with Crippen molar-refractivity contribution >= 4 is 22.4 Å². The van der Waals surface area contributed by atoms with Gasteiger partial charge in [0.05, 0.1) is 20.1 Å². The van der Waals surface area contributed by atoms with Crippen molar-refractivity contribution in [3.8, 4) is 5.75 Å². The fourth-order valence-corrected chi connectivity index (χ4v) is 2.05. The van der Waals surface area contributed by atoms with Crippen molar-refractivity contribution in [3.05, 3.63) is 34.8 Å². The Morgan fingerprint density at radius 1 is 1.37 bits per heavy atom. The lowest BCUT2D eigenvalue weighted by molar-refractivity contribution is -0.120. The molecule has 0 saturated carbocycles. The second-order valence-electron chi connectivity index (χ2n) is 3.84. The van der Waals surface area contributed by atoms with Crippen molar-refractivity contribution in [2.75, 3.05) is 12.8 Å². The van der Waals surface area contributed by atoms with Crippen LogP contribution in [0.3, 0.4) is 0 Å². The van der Waals surface area contributed by atoms with Crippen LogP contribution < -0.4 is 15.8 Å². The van der Waals surface area contributed by atoms with Crippen LogP contribution in [0.4, 0.5) is 5.13 Å². The number of nitrogen functional groups attached to an aromatic ring is 1. The molecule has 0 spiro atoms. The second kappa shape index (κ2) is 6.14. The number of anilines is 1. The van der Waals surface area contributed by atoms with Gasteiger partial charge in [-0.2, -0.15) is 0 Å². The van der Waals surface area contributed by atoms with Gasteiger partial charge in [-0.05, 0) is 17.7 Å². The lowest BCUT2D eigenvalue weighted by Gasteiger charge is -2.04. The summed E-state index contributed by atoms with van der Waals surface area (Å²) in [4.78, 5) is 11.7. The summed E-state index contributed by atoms with van der Waals surface area (Å²) in [5, 5.41) is 11.4. The van der Waals surface area contributed by atoms with Gasteiger partial charge in [0, 0.05) is 0 Å². The standard InChI is InChI=1S/C12H14N4O2S/c1-18-9-4-2-8(3-5-9)6-10(17)14-7-11-15-16-12(13)19-11/h2-5H,6-7H2,1H3,(H2,13,16)(H,14,17). The Balaban J connectivity index is 1.83. The average Bonchev–Trinajstić information content (AvgIpc) is 2.83. The average molecular weight is 278 g/mol. The molecule has 0 saturated heterocycles. The van der Waals surface area contributed by atoms with Crippen molar-refractivity contribution in [1.29, 1.82) is 0 Å². The van der Waals surface area contributed by atoms with E-state index >= 15 is 0 Å². The van der Waals surface area contributed by atoms with Crippen molar-refractivity contribution in [2.45, 2.75) is 13.0 Å². The SMILES string of the molecule is COc1ccc(CC(=O)NCc2nnc(N)s2)cc1. The van der Waals surface area contributed by atoms with Crippen molar-refractivity contribution in [1.82, 2.24) is 15.5 Å². The predicted octanol–water partition coefficient (Wildman–Crippen LogP) is 0.988. The number of methoxy groups -OCH3 is 1. The first-order valence-corrected chi connectivity index (χ1v) is 6.46. The number of nitrogens with one attached hydrogen (secondary N) is 1. The third kappa shape index (κ3) is 3.92. The molecule has 0 radical (unpaired) electrons. The molecule has 0 aliphatic heterocycles. The molecule has 7 heteroatoms. The highest BCUT2D eigenvalue weighted by Crippen LogP contribution is 2.12. The van der Waals surface area contributed by atoms with Crippen LogP contribution in [0, 0.1) is 0 Å². The maximum atomic E-state index is 11.7. The molecule has 3 N–H and O–H groups in total. The molecule has 1 amide bonds. The molecule has 0 aliphatic rings. The molecular weight excluding hydrogens is 264 g/mol. The number of rotatable bonds is 5. The second-order valence-corrected chi connectivity index (χ2v) is 4.93. The fourth-order valence-electron chi connectivity index (χ4n) is 1.50. The van der Waals surface area contributed by atoms with Crippen LogP contribution in [0.5, 0.6) is 5.75 Å². The van der Waals surface area contributed by atoms with E-state index in [1.165, 1.54) is 11.3 Å². The van der Waals surface area contributed by atoms with Crippen molar-refractivity contribution in [3.63, 3.8) is 0 Å². The lowest BCUT2D eigenvalue weighted by atomic mass is 10.1. The number of carbonyl (C=O) groups excluding carboxylic acids is 1. The first-order valence-electron chi connectivity index (χ1n) is 5.65. The Morgan fingerprint density at radius 2 is 2.11 bits per heavy atom. The number of nitrogens with zero attached hydrogens (tertiary/aromatic N) is 2. The number of nitrogens with two attached hydrogens (primary N) is 1. The van der Waals surface area contributed by atoms with Crippen LogP contribution in [0.1, 0.15) is 10.6 Å². The molecular formula is C12H14N4O2S. The Bertz CT molecular complexity index is 553. The molecule has 1 heterocycles. The summed E-state index contributed by atoms with van der Waals surface area (Å²) < 4.78 is 5.06. The van der Waals surface area contributed by atoms with E-state index in [4.69, 9.17) is 10.5 Å². The highest BCUT2D eigenvalue weighted by molar-refractivity contribution is 7.15. The van der Waals surface area contributed by atoms with E-state index in [1.54, 1.807) is 7.11 Å². The summed E-state index contributed by atoms with van der Waals surface area (Å²) in [7, 11) is 1.61. The van der Waals surface area contributed by atoms with E-state index in [2.05, 4.69) is 15.5 Å². The third-order valence-corrected chi connectivity index (χ3v) is 3.20. The van der Waals surface area contributed by atoms with E-state index in [9.17, 15) is 4.79 Å². The molecule has 1 aromatic heterocycles. The molecule has 6 nitrogen and oxygen atoms in total. The van der Waals surface area contributed by atoms with Crippen LogP contribution in [-0.4, -0.2) is 23.2 Å². The van der Waals surface area contributed by atoms with Gasteiger partial charge in [0.1, 0.15) is 10.8 Å². The first-order chi connectivity index (χ1) is 9.17. The van der Waals surface area contributed by atoms with Gasteiger partial charge in [-0.15, -0.1) is 10.2 Å². The topological polar surface area (TPSA) is 90.1 Å². The Morgan fingerprint density at radius 3 is 2.68 bits per heavy atom. The number of hydrogen-bond acceptors (Lipinski definition) is 6.